The SMILES string of the molecule is COc1cccc(C(=O)N2CCN(C3CCCN(CC(F)(F)F)C3=O)CC2)n1. The number of piperidine rings is 1. The normalized spacial score (nSPS) is 21.7. The van der Waals surface area contributed by atoms with E-state index in [0.29, 0.717) is 44.9 Å². The summed E-state index contributed by atoms with van der Waals surface area (Å²) in [6, 6.07) is 4.39. The maximum atomic E-state index is 12.7. The average molecular weight is 400 g/mol. The number of hydrogen-bond donors (Lipinski definition) is 0. The fraction of sp³-hybridized carbons (Fsp3) is 0.611. The molecule has 7 nitrogen and oxygen atoms in total. The Bertz CT molecular complexity index is 720. The average Bonchev–Trinajstić information content (AvgIpc) is 2.68. The van der Waals surface area contributed by atoms with Gasteiger partial charge in [-0.1, -0.05) is 6.07 Å². The highest BCUT2D eigenvalue weighted by Crippen LogP contribution is 2.24. The molecule has 0 N–H and O–H groups in total. The summed E-state index contributed by atoms with van der Waals surface area (Å²) < 4.78 is 43.0. The van der Waals surface area contributed by atoms with E-state index in [4.69, 9.17) is 4.74 Å². The Kier molecular flexibility index (Phi) is 6.07. The van der Waals surface area contributed by atoms with Gasteiger partial charge in [0.1, 0.15) is 12.2 Å². The number of aromatic nitrogens is 1. The van der Waals surface area contributed by atoms with Crippen LogP contribution in [0.3, 0.4) is 0 Å². The molecule has 1 unspecified atom stereocenters. The Balaban J connectivity index is 1.58. The van der Waals surface area contributed by atoms with E-state index >= 15 is 0 Å². The minimum absolute atomic E-state index is 0.134. The summed E-state index contributed by atoms with van der Waals surface area (Å²) in [4.78, 5) is 33.7. The number of likely N-dealkylation sites (tertiary alicyclic amines) is 1. The number of carbonyl (C=O) groups excluding carboxylic acids is 2. The topological polar surface area (TPSA) is 66.0 Å². The molecule has 28 heavy (non-hydrogen) atoms. The predicted octanol–water partition coefficient (Wildman–Crippen LogP) is 1.40. The van der Waals surface area contributed by atoms with Gasteiger partial charge in [-0.3, -0.25) is 14.5 Å². The van der Waals surface area contributed by atoms with E-state index in [2.05, 4.69) is 4.98 Å². The molecule has 2 aliphatic heterocycles. The van der Waals surface area contributed by atoms with Crippen LogP contribution in [0, 0.1) is 0 Å². The number of carbonyl (C=O) groups is 2. The summed E-state index contributed by atoms with van der Waals surface area (Å²) >= 11 is 0. The second-order valence-corrected chi connectivity index (χ2v) is 6.93. The zero-order valence-corrected chi connectivity index (χ0v) is 15.6. The van der Waals surface area contributed by atoms with Crippen molar-refractivity contribution < 1.29 is 27.5 Å². The smallest absolute Gasteiger partial charge is 0.406 e. The number of pyridine rings is 1. The first kappa shape index (κ1) is 20.4. The Labute approximate surface area is 161 Å². The molecule has 0 bridgehead atoms. The van der Waals surface area contributed by atoms with E-state index in [1.165, 1.54) is 7.11 Å². The van der Waals surface area contributed by atoms with Crippen LogP contribution in [0.4, 0.5) is 13.2 Å². The lowest BCUT2D eigenvalue weighted by Crippen LogP contribution is -2.59. The highest BCUT2D eigenvalue weighted by atomic mass is 19.4. The van der Waals surface area contributed by atoms with Crippen LogP contribution in [0.1, 0.15) is 23.3 Å². The van der Waals surface area contributed by atoms with Crippen LogP contribution in [0.25, 0.3) is 0 Å². The van der Waals surface area contributed by atoms with E-state index < -0.39 is 24.7 Å². The Morgan fingerprint density at radius 1 is 1.21 bits per heavy atom. The molecular formula is C18H23F3N4O3. The third kappa shape index (κ3) is 4.73. The van der Waals surface area contributed by atoms with Gasteiger partial charge in [0.25, 0.3) is 5.91 Å². The van der Waals surface area contributed by atoms with Crippen molar-refractivity contribution in [1.82, 2.24) is 19.7 Å². The first-order valence-corrected chi connectivity index (χ1v) is 9.18. The zero-order valence-electron chi connectivity index (χ0n) is 15.6. The van der Waals surface area contributed by atoms with Crippen molar-refractivity contribution in [2.45, 2.75) is 25.1 Å². The number of alkyl halides is 3. The molecule has 3 heterocycles. The molecule has 1 atom stereocenters. The minimum Gasteiger partial charge on any atom is -0.481 e. The molecule has 2 fully saturated rings. The van der Waals surface area contributed by atoms with Gasteiger partial charge in [0.05, 0.1) is 13.2 Å². The van der Waals surface area contributed by atoms with Crippen molar-refractivity contribution in [2.75, 3.05) is 46.4 Å². The van der Waals surface area contributed by atoms with E-state index in [-0.39, 0.29) is 18.1 Å². The summed E-state index contributed by atoms with van der Waals surface area (Å²) in [5, 5.41) is 0. The standard InChI is InChI=1S/C18H23F3N4O3/c1-28-15-6-2-4-13(22-15)16(26)24-10-8-23(9-11-24)14-5-3-7-25(17(14)27)12-18(19,20)21/h2,4,6,14H,3,5,7-12H2,1H3. The third-order valence-electron chi connectivity index (χ3n) is 5.07. The summed E-state index contributed by atoms with van der Waals surface area (Å²) in [7, 11) is 1.47. The van der Waals surface area contributed by atoms with Gasteiger partial charge in [-0.2, -0.15) is 13.2 Å². The van der Waals surface area contributed by atoms with Crippen molar-refractivity contribution in [1.29, 1.82) is 0 Å². The van der Waals surface area contributed by atoms with Gasteiger partial charge in [-0.25, -0.2) is 4.98 Å². The van der Waals surface area contributed by atoms with Crippen LogP contribution in [0.2, 0.25) is 0 Å². The molecule has 1 aromatic heterocycles. The summed E-state index contributed by atoms with van der Waals surface area (Å²) in [6.45, 7) is 0.580. The lowest BCUT2D eigenvalue weighted by atomic mass is 10.0. The minimum atomic E-state index is -4.40. The molecule has 3 rings (SSSR count). The number of halogens is 3. The van der Waals surface area contributed by atoms with Gasteiger partial charge in [0, 0.05) is 38.8 Å². The molecule has 10 heteroatoms. The lowest BCUT2D eigenvalue weighted by molar-refractivity contribution is -0.168. The summed E-state index contributed by atoms with van der Waals surface area (Å²) in [5.41, 5.74) is 0.276. The molecule has 2 saturated heterocycles. The van der Waals surface area contributed by atoms with Gasteiger partial charge >= 0.3 is 6.18 Å². The molecule has 0 radical (unpaired) electrons. The molecule has 0 aliphatic carbocycles. The number of amides is 2. The maximum absolute atomic E-state index is 12.7. The number of rotatable bonds is 4. The van der Waals surface area contributed by atoms with E-state index in [0.717, 1.165) is 4.90 Å². The third-order valence-corrected chi connectivity index (χ3v) is 5.07. The molecular weight excluding hydrogens is 377 g/mol. The van der Waals surface area contributed by atoms with Gasteiger partial charge < -0.3 is 14.5 Å². The first-order valence-electron chi connectivity index (χ1n) is 9.18. The number of methoxy groups -OCH3 is 1. The highest BCUT2D eigenvalue weighted by molar-refractivity contribution is 5.92. The summed E-state index contributed by atoms with van der Waals surface area (Å²) in [5.74, 6) is -0.355. The van der Waals surface area contributed by atoms with Gasteiger partial charge in [-0.15, -0.1) is 0 Å². The highest BCUT2D eigenvalue weighted by Gasteiger charge is 2.40. The fourth-order valence-electron chi connectivity index (χ4n) is 3.68. The van der Waals surface area contributed by atoms with Crippen molar-refractivity contribution in [3.05, 3.63) is 23.9 Å². The van der Waals surface area contributed by atoms with Crippen molar-refractivity contribution in [3.63, 3.8) is 0 Å². The molecule has 2 amide bonds. The molecule has 0 saturated carbocycles. The van der Waals surface area contributed by atoms with Gasteiger partial charge in [0.15, 0.2) is 0 Å². The van der Waals surface area contributed by atoms with Crippen LogP contribution < -0.4 is 4.74 Å². The van der Waals surface area contributed by atoms with Crippen LogP contribution in [0.5, 0.6) is 5.88 Å². The molecule has 1 aromatic rings. The number of piperazine rings is 1. The van der Waals surface area contributed by atoms with E-state index in [1.54, 1.807) is 23.1 Å². The van der Waals surface area contributed by atoms with Crippen LogP contribution in [-0.2, 0) is 4.79 Å². The lowest BCUT2D eigenvalue weighted by Gasteiger charge is -2.42. The molecule has 2 aliphatic rings. The number of nitrogens with zero attached hydrogens (tertiary/aromatic N) is 4. The van der Waals surface area contributed by atoms with Crippen molar-refractivity contribution >= 4 is 11.8 Å². The number of ether oxygens (including phenoxy) is 1. The zero-order chi connectivity index (χ0) is 20.3. The maximum Gasteiger partial charge on any atom is 0.406 e. The molecule has 0 aromatic carbocycles. The Morgan fingerprint density at radius 3 is 2.57 bits per heavy atom. The van der Waals surface area contributed by atoms with Crippen LogP contribution in [0.15, 0.2) is 18.2 Å². The number of hydrogen-bond acceptors (Lipinski definition) is 5. The van der Waals surface area contributed by atoms with E-state index in [1.807, 2.05) is 4.90 Å². The Morgan fingerprint density at radius 2 is 1.93 bits per heavy atom. The van der Waals surface area contributed by atoms with Crippen molar-refractivity contribution in [2.24, 2.45) is 0 Å². The second-order valence-electron chi connectivity index (χ2n) is 6.93. The Hall–Kier alpha value is -2.36. The quantitative estimate of drug-likeness (QED) is 0.765. The largest absolute Gasteiger partial charge is 0.481 e. The second kappa shape index (κ2) is 8.34. The first-order chi connectivity index (χ1) is 13.3. The van der Waals surface area contributed by atoms with E-state index in [9.17, 15) is 22.8 Å². The van der Waals surface area contributed by atoms with Crippen LogP contribution in [-0.4, -0.2) is 90.1 Å². The van der Waals surface area contributed by atoms with Gasteiger partial charge in [0.2, 0.25) is 11.8 Å². The van der Waals surface area contributed by atoms with Gasteiger partial charge in [-0.05, 0) is 18.9 Å². The molecule has 0 spiro atoms. The van der Waals surface area contributed by atoms with Crippen molar-refractivity contribution in [3.8, 4) is 5.88 Å². The monoisotopic (exact) mass is 400 g/mol. The summed E-state index contributed by atoms with van der Waals surface area (Å²) in [6.07, 6.45) is -3.32. The predicted molar refractivity (Wildman–Crippen MR) is 93.9 cm³/mol. The van der Waals surface area contributed by atoms with Crippen LogP contribution >= 0.6 is 0 Å². The molecule has 154 valence electrons. The fourth-order valence-corrected chi connectivity index (χ4v) is 3.68.